The molecule has 7 heteroatoms. The van der Waals surface area contributed by atoms with Crippen LogP contribution in [0.2, 0.25) is 0 Å². The lowest BCUT2D eigenvalue weighted by molar-refractivity contribution is 0.0674. The molecule has 3 amide bonds. The average Bonchev–Trinajstić information content (AvgIpc) is 2.83. The molecular weight excluding hydrogens is 431 g/mol. The predicted molar refractivity (Wildman–Crippen MR) is 135 cm³/mol. The smallest absolute Gasteiger partial charge is 0.319 e. The maximum Gasteiger partial charge on any atom is 0.319 e. The number of nitrogens with one attached hydrogen (secondary N) is 2. The summed E-state index contributed by atoms with van der Waals surface area (Å²) in [6, 6.07) is 20.5. The van der Waals surface area contributed by atoms with Crippen LogP contribution < -0.4 is 15.5 Å². The van der Waals surface area contributed by atoms with Crippen LogP contribution in [0.25, 0.3) is 0 Å². The highest BCUT2D eigenvalue weighted by molar-refractivity contribution is 5.94. The third-order valence-electron chi connectivity index (χ3n) is 5.60. The van der Waals surface area contributed by atoms with Gasteiger partial charge < -0.3 is 20.4 Å². The average molecular weight is 463 g/mol. The molecule has 0 fully saturated rings. The van der Waals surface area contributed by atoms with E-state index >= 15 is 0 Å². The van der Waals surface area contributed by atoms with Crippen molar-refractivity contribution in [1.82, 2.24) is 10.2 Å². The van der Waals surface area contributed by atoms with Crippen molar-refractivity contribution in [2.75, 3.05) is 30.9 Å². The zero-order valence-corrected chi connectivity index (χ0v) is 20.0. The lowest BCUT2D eigenvalue weighted by Gasteiger charge is -2.31. The molecule has 0 spiro atoms. The van der Waals surface area contributed by atoms with Gasteiger partial charge in [-0.15, -0.1) is 0 Å². The largest absolute Gasteiger partial charge is 0.377 e. The standard InChI is InChI=1S/C27H31FN4O2/c1-5-29-27(34)30-24-15-16-25(31(3)4)22(17-24)18-32(19(2)20-9-7-6-8-10-20)26(33)21-11-13-23(28)14-12-21/h6-17,19H,5,18H2,1-4H3,(H2,29,30,34)/t19-/m0/s1. The molecule has 6 nitrogen and oxygen atoms in total. The molecule has 0 aliphatic heterocycles. The van der Waals surface area contributed by atoms with Crippen LogP contribution in [-0.4, -0.2) is 37.5 Å². The molecule has 3 aromatic rings. The van der Waals surface area contributed by atoms with Crippen LogP contribution >= 0.6 is 0 Å². The van der Waals surface area contributed by atoms with Gasteiger partial charge in [-0.25, -0.2) is 9.18 Å². The van der Waals surface area contributed by atoms with Crippen LogP contribution in [0.4, 0.5) is 20.6 Å². The second-order valence-electron chi connectivity index (χ2n) is 8.25. The summed E-state index contributed by atoms with van der Waals surface area (Å²) < 4.78 is 13.5. The number of amides is 3. The van der Waals surface area contributed by atoms with E-state index in [1.54, 1.807) is 4.90 Å². The molecule has 178 valence electrons. The van der Waals surface area contributed by atoms with Gasteiger partial charge in [0.2, 0.25) is 0 Å². The van der Waals surface area contributed by atoms with Gasteiger partial charge in [-0.1, -0.05) is 30.3 Å². The summed E-state index contributed by atoms with van der Waals surface area (Å²) >= 11 is 0. The number of carbonyl (C=O) groups is 2. The Kier molecular flexibility index (Phi) is 8.24. The van der Waals surface area contributed by atoms with Crippen molar-refractivity contribution in [3.63, 3.8) is 0 Å². The first-order chi connectivity index (χ1) is 16.3. The molecule has 2 N–H and O–H groups in total. The Hall–Kier alpha value is -3.87. The van der Waals surface area contributed by atoms with Crippen molar-refractivity contribution in [3.05, 3.63) is 95.3 Å². The molecule has 0 saturated heterocycles. The molecule has 3 rings (SSSR count). The molecule has 0 aliphatic carbocycles. The number of nitrogens with zero attached hydrogens (tertiary/aromatic N) is 2. The Morgan fingerprint density at radius 3 is 2.26 bits per heavy atom. The number of urea groups is 1. The Balaban J connectivity index is 2.01. The van der Waals surface area contributed by atoms with E-state index in [1.807, 2.05) is 81.4 Å². The van der Waals surface area contributed by atoms with E-state index in [-0.39, 0.29) is 18.0 Å². The maximum absolute atomic E-state index is 13.6. The summed E-state index contributed by atoms with van der Waals surface area (Å²) in [5.41, 5.74) is 3.83. The minimum absolute atomic E-state index is 0.205. The van der Waals surface area contributed by atoms with Gasteiger partial charge in [0.15, 0.2) is 0 Å². The van der Waals surface area contributed by atoms with Gasteiger partial charge in [-0.3, -0.25) is 4.79 Å². The summed E-state index contributed by atoms with van der Waals surface area (Å²) in [5.74, 6) is -0.596. The quantitative estimate of drug-likeness (QED) is 0.469. The minimum Gasteiger partial charge on any atom is -0.377 e. The van der Waals surface area contributed by atoms with Crippen molar-refractivity contribution >= 4 is 23.3 Å². The SMILES string of the molecule is CCNC(=O)Nc1ccc(N(C)C)c(CN(C(=O)c2ccc(F)cc2)[C@@H](C)c2ccccc2)c1. The summed E-state index contributed by atoms with van der Waals surface area (Å²) in [7, 11) is 3.87. The molecule has 0 bridgehead atoms. The molecule has 0 heterocycles. The minimum atomic E-state index is -0.391. The first-order valence-electron chi connectivity index (χ1n) is 11.3. The number of hydrogen-bond acceptors (Lipinski definition) is 3. The summed E-state index contributed by atoms with van der Waals surface area (Å²) in [4.78, 5) is 29.4. The number of halogens is 1. The van der Waals surface area contributed by atoms with E-state index in [9.17, 15) is 14.0 Å². The zero-order valence-electron chi connectivity index (χ0n) is 20.0. The van der Waals surface area contributed by atoms with Gasteiger partial charge in [-0.05, 0) is 67.4 Å². The van der Waals surface area contributed by atoms with Crippen LogP contribution in [0, 0.1) is 5.82 Å². The Labute approximate surface area is 200 Å². The van der Waals surface area contributed by atoms with E-state index < -0.39 is 5.82 Å². The number of anilines is 2. The molecule has 0 radical (unpaired) electrons. The van der Waals surface area contributed by atoms with E-state index in [0.29, 0.717) is 24.3 Å². The first-order valence-corrected chi connectivity index (χ1v) is 11.3. The molecule has 0 unspecified atom stereocenters. The van der Waals surface area contributed by atoms with Crippen LogP contribution in [-0.2, 0) is 6.54 Å². The Bertz CT molecular complexity index is 1120. The number of carbonyl (C=O) groups excluding carboxylic acids is 2. The second kappa shape index (κ2) is 11.3. The molecular formula is C27H31FN4O2. The lowest BCUT2D eigenvalue weighted by atomic mass is 10.0. The predicted octanol–water partition coefficient (Wildman–Crippen LogP) is 5.44. The van der Waals surface area contributed by atoms with Gasteiger partial charge in [0.1, 0.15) is 5.82 Å². The van der Waals surface area contributed by atoms with Gasteiger partial charge >= 0.3 is 6.03 Å². The fourth-order valence-corrected chi connectivity index (χ4v) is 3.80. The Morgan fingerprint density at radius 2 is 1.65 bits per heavy atom. The van der Waals surface area contributed by atoms with Crippen LogP contribution in [0.5, 0.6) is 0 Å². The third-order valence-corrected chi connectivity index (χ3v) is 5.60. The molecule has 3 aromatic carbocycles. The maximum atomic E-state index is 13.6. The van der Waals surface area contributed by atoms with Crippen LogP contribution in [0.3, 0.4) is 0 Å². The van der Waals surface area contributed by atoms with Gasteiger partial charge in [0, 0.05) is 44.1 Å². The third kappa shape index (κ3) is 6.13. The Morgan fingerprint density at radius 1 is 0.971 bits per heavy atom. The van der Waals surface area contributed by atoms with Crippen LogP contribution in [0.15, 0.2) is 72.8 Å². The number of benzene rings is 3. The highest BCUT2D eigenvalue weighted by Crippen LogP contribution is 2.30. The summed E-state index contributed by atoms with van der Waals surface area (Å²) in [6.45, 7) is 4.64. The highest BCUT2D eigenvalue weighted by atomic mass is 19.1. The molecule has 1 atom stereocenters. The van der Waals surface area contributed by atoms with E-state index in [2.05, 4.69) is 10.6 Å². The first kappa shape index (κ1) is 24.8. The molecule has 0 saturated carbocycles. The zero-order chi connectivity index (χ0) is 24.7. The van der Waals surface area contributed by atoms with Gasteiger partial charge in [-0.2, -0.15) is 0 Å². The van der Waals surface area contributed by atoms with Gasteiger partial charge in [0.25, 0.3) is 5.91 Å². The van der Waals surface area contributed by atoms with E-state index in [4.69, 9.17) is 0 Å². The van der Waals surface area contributed by atoms with E-state index in [1.165, 1.54) is 24.3 Å². The van der Waals surface area contributed by atoms with Crippen molar-refractivity contribution in [3.8, 4) is 0 Å². The lowest BCUT2D eigenvalue weighted by Crippen LogP contribution is -2.34. The van der Waals surface area contributed by atoms with Crippen molar-refractivity contribution < 1.29 is 14.0 Å². The molecule has 34 heavy (non-hydrogen) atoms. The number of rotatable bonds is 8. The second-order valence-corrected chi connectivity index (χ2v) is 8.25. The topological polar surface area (TPSA) is 64.7 Å². The molecule has 0 aliphatic rings. The van der Waals surface area contributed by atoms with Crippen molar-refractivity contribution in [2.45, 2.75) is 26.4 Å². The fourth-order valence-electron chi connectivity index (χ4n) is 3.80. The normalized spacial score (nSPS) is 11.4. The summed E-state index contributed by atoms with van der Waals surface area (Å²) in [5, 5.41) is 5.56. The fraction of sp³-hybridized carbons (Fsp3) is 0.259. The number of hydrogen-bond donors (Lipinski definition) is 2. The van der Waals surface area contributed by atoms with Crippen LogP contribution in [0.1, 0.15) is 41.4 Å². The summed E-state index contributed by atoms with van der Waals surface area (Å²) in [6.07, 6.45) is 0. The monoisotopic (exact) mass is 462 g/mol. The molecule has 0 aromatic heterocycles. The van der Waals surface area contributed by atoms with Crippen molar-refractivity contribution in [1.29, 1.82) is 0 Å². The van der Waals surface area contributed by atoms with Gasteiger partial charge in [0.05, 0.1) is 6.04 Å². The highest BCUT2D eigenvalue weighted by Gasteiger charge is 2.24. The van der Waals surface area contributed by atoms with E-state index in [0.717, 1.165) is 16.8 Å². The van der Waals surface area contributed by atoms with Crippen molar-refractivity contribution in [2.24, 2.45) is 0 Å².